The zero-order valence-electron chi connectivity index (χ0n) is 12.5. The highest BCUT2D eigenvalue weighted by Crippen LogP contribution is 2.11. The summed E-state index contributed by atoms with van der Waals surface area (Å²) in [6.07, 6.45) is 0.472. The molecule has 1 atom stereocenters. The van der Waals surface area contributed by atoms with Crippen LogP contribution in [0.2, 0.25) is 0 Å². The van der Waals surface area contributed by atoms with E-state index in [0.717, 1.165) is 0 Å². The lowest BCUT2D eigenvalue weighted by Crippen LogP contribution is -2.39. The van der Waals surface area contributed by atoms with E-state index >= 15 is 0 Å². The molecule has 1 heterocycles. The molecule has 1 aromatic heterocycles. The predicted molar refractivity (Wildman–Crippen MR) is 75.8 cm³/mol. The van der Waals surface area contributed by atoms with Crippen molar-refractivity contribution < 1.29 is 24.0 Å². The number of urea groups is 1. The lowest BCUT2D eigenvalue weighted by molar-refractivity contribution is -0.142. The number of rotatable bonds is 8. The first-order valence-corrected chi connectivity index (χ1v) is 6.79. The number of nitrogens with one attached hydrogen (secondary N) is 2. The number of carbonyl (C=O) groups excluding carboxylic acids is 2. The molecule has 0 aromatic carbocycles. The highest BCUT2D eigenvalue weighted by molar-refractivity contribution is 5.90. The Balaban J connectivity index is 2.38. The Kier molecular flexibility index (Phi) is 6.36. The van der Waals surface area contributed by atoms with Crippen molar-refractivity contribution in [1.29, 1.82) is 0 Å². The number of primary amides is 1. The molecule has 22 heavy (non-hydrogen) atoms. The van der Waals surface area contributed by atoms with Gasteiger partial charge in [-0.15, -0.1) is 0 Å². The Morgan fingerprint density at radius 2 is 2.05 bits per heavy atom. The van der Waals surface area contributed by atoms with Crippen LogP contribution in [0.15, 0.2) is 10.6 Å². The lowest BCUT2D eigenvalue weighted by atomic mass is 9.97. The van der Waals surface area contributed by atoms with E-state index in [1.807, 2.05) is 13.8 Å². The van der Waals surface area contributed by atoms with Crippen molar-refractivity contribution in [3.8, 4) is 0 Å². The van der Waals surface area contributed by atoms with E-state index < -0.39 is 23.8 Å². The minimum absolute atomic E-state index is 0.00797. The second-order valence-electron chi connectivity index (χ2n) is 5.27. The Morgan fingerprint density at radius 1 is 1.36 bits per heavy atom. The van der Waals surface area contributed by atoms with Gasteiger partial charge in [0, 0.05) is 12.6 Å². The summed E-state index contributed by atoms with van der Waals surface area (Å²) in [6.45, 7) is 3.86. The second-order valence-corrected chi connectivity index (χ2v) is 5.27. The monoisotopic (exact) mass is 312 g/mol. The number of aromatic nitrogens is 1. The van der Waals surface area contributed by atoms with Crippen LogP contribution in [0.3, 0.4) is 0 Å². The van der Waals surface area contributed by atoms with Crippen LogP contribution in [0.4, 0.5) is 4.79 Å². The molecule has 1 rings (SSSR count). The van der Waals surface area contributed by atoms with Gasteiger partial charge in [-0.25, -0.2) is 4.79 Å². The molecule has 0 bridgehead atoms. The molecule has 1 aromatic rings. The van der Waals surface area contributed by atoms with Crippen LogP contribution in [0.25, 0.3) is 0 Å². The Bertz CT molecular complexity index is 540. The summed E-state index contributed by atoms with van der Waals surface area (Å²) in [5, 5.41) is 17.4. The summed E-state index contributed by atoms with van der Waals surface area (Å²) < 4.78 is 4.81. The van der Waals surface area contributed by atoms with E-state index in [1.165, 1.54) is 6.07 Å². The summed E-state index contributed by atoms with van der Waals surface area (Å²) in [6, 6.07) is 0.786. The summed E-state index contributed by atoms with van der Waals surface area (Å²) in [5.74, 6) is -1.83. The minimum atomic E-state index is -0.949. The number of nitrogens with two attached hydrogens (primary N) is 1. The van der Waals surface area contributed by atoms with Crippen LogP contribution in [-0.4, -0.2) is 34.7 Å². The predicted octanol–water partition coefficient (Wildman–Crippen LogP) is 0.320. The van der Waals surface area contributed by atoms with E-state index in [2.05, 4.69) is 15.8 Å². The van der Waals surface area contributed by atoms with Gasteiger partial charge in [0.15, 0.2) is 11.5 Å². The number of aliphatic carboxylic acids is 1. The van der Waals surface area contributed by atoms with Crippen molar-refractivity contribution in [1.82, 2.24) is 15.8 Å². The van der Waals surface area contributed by atoms with Gasteiger partial charge in [-0.1, -0.05) is 19.0 Å². The normalized spacial score (nSPS) is 12.0. The zero-order valence-corrected chi connectivity index (χ0v) is 12.5. The van der Waals surface area contributed by atoms with Crippen LogP contribution in [-0.2, 0) is 11.3 Å². The maximum atomic E-state index is 11.6. The van der Waals surface area contributed by atoms with Gasteiger partial charge < -0.3 is 26.0 Å². The number of amides is 3. The summed E-state index contributed by atoms with van der Waals surface area (Å²) in [7, 11) is 0. The number of carboxylic acids is 1. The minimum Gasteiger partial charge on any atom is -0.481 e. The summed E-state index contributed by atoms with van der Waals surface area (Å²) in [5.41, 5.74) is 4.99. The first-order valence-electron chi connectivity index (χ1n) is 6.79. The number of nitrogens with zero attached hydrogens (tertiary/aromatic N) is 1. The molecule has 1 unspecified atom stereocenters. The molecule has 9 nitrogen and oxygen atoms in total. The van der Waals surface area contributed by atoms with Gasteiger partial charge in [0.05, 0.1) is 12.5 Å². The Hall–Kier alpha value is -2.58. The fourth-order valence-corrected chi connectivity index (χ4v) is 1.80. The maximum absolute atomic E-state index is 11.6. The van der Waals surface area contributed by atoms with Gasteiger partial charge in [0.25, 0.3) is 5.91 Å². The molecule has 0 spiro atoms. The summed E-state index contributed by atoms with van der Waals surface area (Å²) >= 11 is 0. The standard InChI is InChI=1S/C13H20N4O5/c1-7(2)3-8(12(19)20)5-15-13(21)16-6-9-4-10(11(14)18)17-22-9/h4,7-8H,3,5-6H2,1-2H3,(H2,14,18)(H,19,20)(H2,15,16,21). The third kappa shape index (κ3) is 5.81. The SMILES string of the molecule is CC(C)CC(CNC(=O)NCc1cc(C(N)=O)no1)C(=O)O. The molecule has 0 fully saturated rings. The van der Waals surface area contributed by atoms with Crippen molar-refractivity contribution in [2.24, 2.45) is 17.6 Å². The van der Waals surface area contributed by atoms with E-state index in [-0.39, 0.29) is 30.5 Å². The molecule has 0 saturated carbocycles. The molecule has 0 radical (unpaired) electrons. The van der Waals surface area contributed by atoms with Crippen LogP contribution in [0, 0.1) is 11.8 Å². The topological polar surface area (TPSA) is 148 Å². The second kappa shape index (κ2) is 8.01. The van der Waals surface area contributed by atoms with Gasteiger partial charge in [0.1, 0.15) is 0 Å². The number of hydrogen-bond donors (Lipinski definition) is 4. The van der Waals surface area contributed by atoms with Gasteiger partial charge in [-0.3, -0.25) is 9.59 Å². The molecular weight excluding hydrogens is 292 g/mol. The first kappa shape index (κ1) is 17.5. The smallest absolute Gasteiger partial charge is 0.315 e. The van der Waals surface area contributed by atoms with Crippen LogP contribution in [0.1, 0.15) is 36.5 Å². The molecular formula is C13H20N4O5. The maximum Gasteiger partial charge on any atom is 0.315 e. The van der Waals surface area contributed by atoms with E-state index in [0.29, 0.717) is 6.42 Å². The fraction of sp³-hybridized carbons (Fsp3) is 0.538. The molecule has 5 N–H and O–H groups in total. The van der Waals surface area contributed by atoms with Gasteiger partial charge >= 0.3 is 12.0 Å². The van der Waals surface area contributed by atoms with Crippen molar-refractivity contribution >= 4 is 17.9 Å². The van der Waals surface area contributed by atoms with E-state index in [4.69, 9.17) is 15.4 Å². The molecule has 0 aliphatic carbocycles. The van der Waals surface area contributed by atoms with Crippen LogP contribution < -0.4 is 16.4 Å². The molecule has 0 saturated heterocycles. The Morgan fingerprint density at radius 3 is 2.55 bits per heavy atom. The Labute approximate surface area is 127 Å². The highest BCUT2D eigenvalue weighted by atomic mass is 16.5. The first-order chi connectivity index (χ1) is 10.3. The average Bonchev–Trinajstić information content (AvgIpc) is 2.89. The third-order valence-corrected chi connectivity index (χ3v) is 2.85. The van der Waals surface area contributed by atoms with Crippen molar-refractivity contribution in [2.75, 3.05) is 6.54 Å². The fourth-order valence-electron chi connectivity index (χ4n) is 1.80. The largest absolute Gasteiger partial charge is 0.481 e. The van der Waals surface area contributed by atoms with Crippen molar-refractivity contribution in [3.63, 3.8) is 0 Å². The van der Waals surface area contributed by atoms with Crippen LogP contribution >= 0.6 is 0 Å². The zero-order chi connectivity index (χ0) is 16.7. The summed E-state index contributed by atoms with van der Waals surface area (Å²) in [4.78, 5) is 33.5. The van der Waals surface area contributed by atoms with Crippen LogP contribution in [0.5, 0.6) is 0 Å². The number of hydrogen-bond acceptors (Lipinski definition) is 5. The quantitative estimate of drug-likeness (QED) is 0.543. The molecule has 0 aliphatic rings. The average molecular weight is 312 g/mol. The van der Waals surface area contributed by atoms with E-state index in [1.54, 1.807) is 0 Å². The van der Waals surface area contributed by atoms with E-state index in [9.17, 15) is 14.4 Å². The highest BCUT2D eigenvalue weighted by Gasteiger charge is 2.19. The molecule has 0 aliphatic heterocycles. The number of carbonyl (C=O) groups is 3. The third-order valence-electron chi connectivity index (χ3n) is 2.85. The molecule has 122 valence electrons. The lowest BCUT2D eigenvalue weighted by Gasteiger charge is -2.15. The molecule has 3 amide bonds. The number of carboxylic acid groups (broad SMARTS) is 1. The van der Waals surface area contributed by atoms with Crippen molar-refractivity contribution in [3.05, 3.63) is 17.5 Å². The molecule has 9 heteroatoms. The van der Waals surface area contributed by atoms with Crippen molar-refractivity contribution in [2.45, 2.75) is 26.8 Å². The van der Waals surface area contributed by atoms with Gasteiger partial charge in [-0.2, -0.15) is 0 Å². The van der Waals surface area contributed by atoms with Gasteiger partial charge in [-0.05, 0) is 12.3 Å². The van der Waals surface area contributed by atoms with Gasteiger partial charge in [0.2, 0.25) is 0 Å².